The average molecular weight is 459 g/mol. The van der Waals surface area contributed by atoms with Gasteiger partial charge in [-0.1, -0.05) is 60.7 Å². The third-order valence-electron chi connectivity index (χ3n) is 5.08. The molecule has 0 fully saturated rings. The number of amides is 1. The highest BCUT2D eigenvalue weighted by molar-refractivity contribution is 6.42. The van der Waals surface area contributed by atoms with Gasteiger partial charge in [0.1, 0.15) is 18.4 Å². The summed E-state index contributed by atoms with van der Waals surface area (Å²) in [4.78, 5) is 24.8. The quantitative estimate of drug-likeness (QED) is 0.316. The minimum absolute atomic E-state index is 0.121. The summed E-state index contributed by atoms with van der Waals surface area (Å²) in [5, 5.41) is 8.57. The van der Waals surface area contributed by atoms with Crippen molar-refractivity contribution in [3.8, 4) is 5.75 Å². The predicted molar refractivity (Wildman–Crippen MR) is 130 cm³/mol. The molecule has 0 aliphatic rings. The number of benzene rings is 3. The first-order chi connectivity index (χ1) is 16.5. The van der Waals surface area contributed by atoms with Crippen molar-refractivity contribution in [1.29, 1.82) is 0 Å². The third-order valence-corrected chi connectivity index (χ3v) is 5.08. The van der Waals surface area contributed by atoms with Crippen LogP contribution in [0.4, 0.5) is 0 Å². The van der Waals surface area contributed by atoms with E-state index in [0.717, 1.165) is 11.1 Å². The molecule has 34 heavy (non-hydrogen) atoms. The molecule has 0 aliphatic heterocycles. The van der Waals surface area contributed by atoms with E-state index >= 15 is 0 Å². The second-order valence-electron chi connectivity index (χ2n) is 7.59. The lowest BCUT2D eigenvalue weighted by Gasteiger charge is -2.15. The fraction of sp³-hybridized carbons (Fsp3) is 0.148. The van der Waals surface area contributed by atoms with Gasteiger partial charge in [-0.25, -0.2) is 10.2 Å². The maximum atomic E-state index is 12.6. The predicted octanol–water partition coefficient (Wildman–Crippen LogP) is 1.67. The van der Waals surface area contributed by atoms with Crippen LogP contribution in [0, 0.1) is 0 Å². The van der Waals surface area contributed by atoms with Crippen molar-refractivity contribution >= 4 is 23.3 Å². The molecule has 3 aromatic carbocycles. The molecule has 3 rings (SSSR count). The van der Waals surface area contributed by atoms with Crippen LogP contribution >= 0.6 is 0 Å². The van der Waals surface area contributed by atoms with Crippen LogP contribution in [0.1, 0.15) is 16.7 Å². The molecule has 0 saturated heterocycles. The van der Waals surface area contributed by atoms with Crippen molar-refractivity contribution in [3.63, 3.8) is 0 Å². The van der Waals surface area contributed by atoms with E-state index < -0.39 is 17.9 Å². The van der Waals surface area contributed by atoms with E-state index in [1.54, 1.807) is 24.3 Å². The summed E-state index contributed by atoms with van der Waals surface area (Å²) < 4.78 is 10.6. The van der Waals surface area contributed by atoms with E-state index in [9.17, 15) is 9.59 Å². The van der Waals surface area contributed by atoms with Gasteiger partial charge in [0.25, 0.3) is 5.71 Å². The molecule has 0 bridgehead atoms. The molecule has 0 radical (unpaired) electrons. The maximum absolute atomic E-state index is 12.6. The van der Waals surface area contributed by atoms with Crippen molar-refractivity contribution in [2.75, 3.05) is 7.11 Å². The van der Waals surface area contributed by atoms with Crippen LogP contribution in [0.25, 0.3) is 5.70 Å². The Morgan fingerprint density at radius 1 is 0.941 bits per heavy atom. The molecule has 5 N–H and O–H groups in total. The van der Waals surface area contributed by atoms with Crippen LogP contribution in [-0.2, 0) is 27.4 Å². The zero-order chi connectivity index (χ0) is 24.3. The monoisotopic (exact) mass is 458 g/mol. The molecular formula is C27H28N3O4+. The maximum Gasteiger partial charge on any atom is 0.328 e. The van der Waals surface area contributed by atoms with Crippen molar-refractivity contribution in [3.05, 3.63) is 108 Å². The second-order valence-corrected chi connectivity index (χ2v) is 7.59. The molecule has 7 heteroatoms. The van der Waals surface area contributed by atoms with Crippen molar-refractivity contribution < 1.29 is 24.5 Å². The molecule has 0 spiro atoms. The van der Waals surface area contributed by atoms with Crippen LogP contribution in [0.5, 0.6) is 5.75 Å². The Kier molecular flexibility index (Phi) is 8.57. The zero-order valence-corrected chi connectivity index (χ0v) is 18.9. The number of methoxy groups -OCH3 is 1. The minimum Gasteiger partial charge on any atom is -0.489 e. The standard InChI is InChI=1S/C27H27N3O4/c1-33-27(32)25(16-19-8-4-2-5-9-19)30-26(31)24(29)17-23(28)21-12-14-22(15-13-21)34-18-20-10-6-3-7-11-20/h2-15,17,25,29H,16,18,28H2,1H3,(H,30,31)/p+1/b23-17-,29-24?. The van der Waals surface area contributed by atoms with Crippen LogP contribution in [0.2, 0.25) is 0 Å². The van der Waals surface area contributed by atoms with E-state index in [0.29, 0.717) is 23.6 Å². The van der Waals surface area contributed by atoms with E-state index in [2.05, 4.69) is 5.32 Å². The molecule has 1 amide bonds. The van der Waals surface area contributed by atoms with Crippen LogP contribution in [0.15, 0.2) is 91.0 Å². The Morgan fingerprint density at radius 2 is 1.53 bits per heavy atom. The van der Waals surface area contributed by atoms with E-state index in [1.165, 1.54) is 13.2 Å². The van der Waals surface area contributed by atoms with Gasteiger partial charge >= 0.3 is 11.9 Å². The van der Waals surface area contributed by atoms with Gasteiger partial charge in [-0.3, -0.25) is 4.79 Å². The number of esters is 1. The number of carbonyl (C=O) groups is 2. The lowest BCUT2D eigenvalue weighted by molar-refractivity contribution is -0.146. The lowest BCUT2D eigenvalue weighted by atomic mass is 10.1. The summed E-state index contributed by atoms with van der Waals surface area (Å²) in [7, 11) is 1.27. The molecule has 174 valence electrons. The molecule has 7 nitrogen and oxygen atoms in total. The summed E-state index contributed by atoms with van der Waals surface area (Å²) in [6.07, 6.45) is 1.64. The first-order valence-corrected chi connectivity index (χ1v) is 10.8. The number of hydrogen-bond acceptors (Lipinski definition) is 5. The van der Waals surface area contributed by atoms with E-state index in [1.807, 2.05) is 60.7 Å². The first-order valence-electron chi connectivity index (χ1n) is 10.8. The van der Waals surface area contributed by atoms with Gasteiger partial charge in [-0.2, -0.15) is 0 Å². The Hall–Kier alpha value is -4.39. The molecule has 1 atom stereocenters. The zero-order valence-electron chi connectivity index (χ0n) is 18.9. The highest BCUT2D eigenvalue weighted by Gasteiger charge is 2.25. The number of hydrogen-bond donors (Lipinski definition) is 3. The second kappa shape index (κ2) is 12.0. The average Bonchev–Trinajstić information content (AvgIpc) is 2.88. The van der Waals surface area contributed by atoms with Crippen molar-refractivity contribution in [1.82, 2.24) is 5.32 Å². The van der Waals surface area contributed by atoms with Crippen molar-refractivity contribution in [2.24, 2.45) is 5.73 Å². The van der Waals surface area contributed by atoms with Crippen LogP contribution < -0.4 is 21.2 Å². The van der Waals surface area contributed by atoms with Crippen molar-refractivity contribution in [2.45, 2.75) is 19.1 Å². The number of carbonyl (C=O) groups excluding carboxylic acids is 2. The fourth-order valence-electron chi connectivity index (χ4n) is 3.23. The first kappa shape index (κ1) is 24.3. The summed E-state index contributed by atoms with van der Waals surface area (Å²) >= 11 is 0. The topological polar surface area (TPSA) is 116 Å². The Bertz CT molecular complexity index is 1140. The van der Waals surface area contributed by atoms with Crippen LogP contribution in [0.3, 0.4) is 0 Å². The van der Waals surface area contributed by atoms with Gasteiger partial charge in [-0.05, 0) is 41.0 Å². The highest BCUT2D eigenvalue weighted by atomic mass is 16.5. The Morgan fingerprint density at radius 3 is 2.12 bits per heavy atom. The Balaban J connectivity index is 1.60. The molecule has 1 unspecified atom stereocenters. The van der Waals surface area contributed by atoms with Gasteiger partial charge in [-0.15, -0.1) is 0 Å². The smallest absolute Gasteiger partial charge is 0.328 e. The minimum atomic E-state index is -0.880. The molecule has 0 heterocycles. The summed E-state index contributed by atoms with van der Waals surface area (Å²) in [6.45, 7) is 0.455. The molecular weight excluding hydrogens is 430 g/mol. The highest BCUT2D eigenvalue weighted by Crippen LogP contribution is 2.17. The number of rotatable bonds is 10. The summed E-state index contributed by atoms with van der Waals surface area (Å²) in [6, 6.07) is 25.4. The normalized spacial score (nSPS) is 11.9. The van der Waals surface area contributed by atoms with Gasteiger partial charge < -0.3 is 20.5 Å². The SMILES string of the molecule is COC(=O)C(Cc1ccccc1)NC(=O)C(=[NH2+])/C=C(\N)c1ccc(OCc2ccccc2)cc1. The van der Waals surface area contributed by atoms with E-state index in [4.69, 9.17) is 20.6 Å². The number of nitrogens with two attached hydrogens (primary N) is 2. The molecule has 0 saturated carbocycles. The fourth-order valence-corrected chi connectivity index (χ4v) is 3.23. The molecule has 3 aromatic rings. The largest absolute Gasteiger partial charge is 0.489 e. The van der Waals surface area contributed by atoms with Gasteiger partial charge in [0, 0.05) is 18.2 Å². The molecule has 0 aliphatic carbocycles. The third kappa shape index (κ3) is 7.06. The summed E-state index contributed by atoms with van der Waals surface area (Å²) in [5.41, 5.74) is 8.94. The van der Waals surface area contributed by atoms with Crippen LogP contribution in [-0.4, -0.2) is 30.7 Å². The van der Waals surface area contributed by atoms with E-state index in [-0.39, 0.29) is 12.1 Å². The molecule has 0 aromatic heterocycles. The number of ether oxygens (including phenoxy) is 2. The number of nitrogens with one attached hydrogen (secondary N) is 1. The van der Waals surface area contributed by atoms with Gasteiger partial charge in [0.05, 0.1) is 7.11 Å². The van der Waals surface area contributed by atoms with Gasteiger partial charge in [0.15, 0.2) is 0 Å². The lowest BCUT2D eigenvalue weighted by Crippen LogP contribution is -2.53. The van der Waals surface area contributed by atoms with Gasteiger partial charge in [0.2, 0.25) is 0 Å². The Labute approximate surface area is 198 Å². The summed E-state index contributed by atoms with van der Waals surface area (Å²) in [5.74, 6) is -0.484.